The van der Waals surface area contributed by atoms with Gasteiger partial charge in [-0.25, -0.2) is 0 Å². The maximum Gasteiger partial charge on any atom is 0.271 e. The van der Waals surface area contributed by atoms with Crippen LogP contribution < -0.4 is 10.5 Å². The van der Waals surface area contributed by atoms with Crippen molar-refractivity contribution in [3.05, 3.63) is 52.3 Å². The van der Waals surface area contributed by atoms with E-state index in [0.29, 0.717) is 19.5 Å². The van der Waals surface area contributed by atoms with Crippen LogP contribution in [0, 0.1) is 6.92 Å². The van der Waals surface area contributed by atoms with Crippen LogP contribution in [0.4, 0.5) is 5.82 Å². The van der Waals surface area contributed by atoms with Gasteiger partial charge in [0, 0.05) is 38.7 Å². The molecule has 0 spiro atoms. The van der Waals surface area contributed by atoms with Crippen molar-refractivity contribution in [2.45, 2.75) is 33.1 Å². The molecule has 0 N–H and O–H groups in total. The van der Waals surface area contributed by atoms with Gasteiger partial charge in [-0.1, -0.05) is 31.0 Å². The van der Waals surface area contributed by atoms with Gasteiger partial charge in [-0.05, 0) is 31.5 Å². The second-order valence-electron chi connectivity index (χ2n) is 6.75. The first-order valence-electron chi connectivity index (χ1n) is 9.28. The van der Waals surface area contributed by atoms with Crippen molar-refractivity contribution in [1.29, 1.82) is 0 Å². The summed E-state index contributed by atoms with van der Waals surface area (Å²) in [7, 11) is 0. The highest BCUT2D eigenvalue weighted by Gasteiger charge is 2.22. The number of anilines is 1. The van der Waals surface area contributed by atoms with Gasteiger partial charge in [0.25, 0.3) is 5.56 Å². The molecule has 2 aromatic rings. The zero-order valence-corrected chi connectivity index (χ0v) is 15.5. The molecule has 138 valence electrons. The van der Waals surface area contributed by atoms with Crippen LogP contribution >= 0.6 is 0 Å². The monoisotopic (exact) mass is 354 g/mol. The molecule has 6 heteroatoms. The van der Waals surface area contributed by atoms with Crippen molar-refractivity contribution in [3.8, 4) is 5.69 Å². The Bertz CT molecular complexity index is 805. The third kappa shape index (κ3) is 4.12. The number of piperazine rings is 1. The van der Waals surface area contributed by atoms with Crippen molar-refractivity contribution >= 4 is 11.7 Å². The highest BCUT2D eigenvalue weighted by atomic mass is 16.2. The first kappa shape index (κ1) is 18.2. The average Bonchev–Trinajstić information content (AvgIpc) is 2.67. The summed E-state index contributed by atoms with van der Waals surface area (Å²) >= 11 is 0. The highest BCUT2D eigenvalue weighted by Crippen LogP contribution is 2.14. The molecule has 0 unspecified atom stereocenters. The largest absolute Gasteiger partial charge is 0.352 e. The maximum absolute atomic E-state index is 12.2. The third-order valence-corrected chi connectivity index (χ3v) is 4.77. The number of benzene rings is 1. The van der Waals surface area contributed by atoms with Gasteiger partial charge in [0.15, 0.2) is 0 Å². The summed E-state index contributed by atoms with van der Waals surface area (Å²) in [6.45, 7) is 6.98. The van der Waals surface area contributed by atoms with Crippen molar-refractivity contribution in [3.63, 3.8) is 0 Å². The number of aromatic nitrogens is 2. The van der Waals surface area contributed by atoms with Crippen molar-refractivity contribution in [2.75, 3.05) is 31.1 Å². The Morgan fingerprint density at radius 2 is 1.73 bits per heavy atom. The van der Waals surface area contributed by atoms with Gasteiger partial charge in [0.2, 0.25) is 5.91 Å². The zero-order chi connectivity index (χ0) is 18.5. The molecule has 1 amide bonds. The number of nitrogens with zero attached hydrogens (tertiary/aromatic N) is 4. The normalized spacial score (nSPS) is 14.5. The molecule has 3 rings (SSSR count). The van der Waals surface area contributed by atoms with Gasteiger partial charge < -0.3 is 9.80 Å². The number of rotatable bonds is 5. The third-order valence-electron chi connectivity index (χ3n) is 4.77. The summed E-state index contributed by atoms with van der Waals surface area (Å²) in [6.07, 6.45) is 2.62. The fraction of sp³-hybridized carbons (Fsp3) is 0.450. The van der Waals surface area contributed by atoms with E-state index in [1.54, 1.807) is 12.1 Å². The van der Waals surface area contributed by atoms with E-state index in [9.17, 15) is 9.59 Å². The molecule has 1 saturated heterocycles. The highest BCUT2D eigenvalue weighted by molar-refractivity contribution is 5.76. The first-order valence-corrected chi connectivity index (χ1v) is 9.28. The van der Waals surface area contributed by atoms with Gasteiger partial charge >= 0.3 is 0 Å². The van der Waals surface area contributed by atoms with E-state index in [4.69, 9.17) is 0 Å². The molecule has 0 aliphatic carbocycles. The van der Waals surface area contributed by atoms with Crippen LogP contribution in [0.5, 0.6) is 0 Å². The van der Waals surface area contributed by atoms with E-state index in [1.165, 1.54) is 4.68 Å². The molecule has 26 heavy (non-hydrogen) atoms. The van der Waals surface area contributed by atoms with Crippen LogP contribution in [0.15, 0.2) is 41.2 Å². The summed E-state index contributed by atoms with van der Waals surface area (Å²) in [6, 6.07) is 11.1. The van der Waals surface area contributed by atoms with Crippen LogP contribution in [0.2, 0.25) is 0 Å². The zero-order valence-electron chi connectivity index (χ0n) is 15.5. The molecule has 1 aliphatic heterocycles. The Balaban J connectivity index is 1.71. The number of carbonyl (C=O) groups excluding carboxylic acids is 1. The SMILES string of the molecule is CCCCC(=O)N1CCN(c2ccc(=O)n(-c3ccc(C)cc3)n2)CC1. The number of carbonyl (C=O) groups is 1. The van der Waals surface area contributed by atoms with E-state index in [1.807, 2.05) is 36.1 Å². The molecule has 0 radical (unpaired) electrons. The molecule has 0 saturated carbocycles. The predicted octanol–water partition coefficient (Wildman–Crippen LogP) is 2.38. The Morgan fingerprint density at radius 3 is 2.38 bits per heavy atom. The Kier molecular flexibility index (Phi) is 5.71. The fourth-order valence-corrected chi connectivity index (χ4v) is 3.11. The first-order chi connectivity index (χ1) is 12.6. The smallest absolute Gasteiger partial charge is 0.271 e. The van der Waals surface area contributed by atoms with Crippen LogP contribution in [-0.4, -0.2) is 46.8 Å². The molecular formula is C20H26N4O2. The molecular weight excluding hydrogens is 328 g/mol. The summed E-state index contributed by atoms with van der Waals surface area (Å²) in [4.78, 5) is 28.4. The molecule has 0 bridgehead atoms. The predicted molar refractivity (Wildman–Crippen MR) is 103 cm³/mol. The number of hydrogen-bond acceptors (Lipinski definition) is 4. The minimum atomic E-state index is -0.147. The van der Waals surface area contributed by atoms with E-state index in [2.05, 4.69) is 16.9 Å². The molecule has 0 atom stereocenters. The van der Waals surface area contributed by atoms with Crippen LogP contribution in [-0.2, 0) is 4.79 Å². The van der Waals surface area contributed by atoms with Crippen LogP contribution in [0.1, 0.15) is 31.7 Å². The lowest BCUT2D eigenvalue weighted by atomic mass is 10.2. The number of unbranched alkanes of at least 4 members (excludes halogenated alkanes) is 1. The summed E-state index contributed by atoms with van der Waals surface area (Å²) in [5.74, 6) is 1.01. The topological polar surface area (TPSA) is 58.4 Å². The number of aryl methyl sites for hydroxylation is 1. The van der Waals surface area contributed by atoms with E-state index in [0.717, 1.165) is 43.0 Å². The van der Waals surface area contributed by atoms with Crippen molar-refractivity contribution in [2.24, 2.45) is 0 Å². The van der Waals surface area contributed by atoms with E-state index < -0.39 is 0 Å². The molecule has 1 aromatic heterocycles. The van der Waals surface area contributed by atoms with Gasteiger partial charge in [-0.15, -0.1) is 5.10 Å². The molecule has 6 nitrogen and oxygen atoms in total. The molecule has 2 heterocycles. The van der Waals surface area contributed by atoms with Gasteiger partial charge in [-0.3, -0.25) is 9.59 Å². The molecule has 1 aromatic carbocycles. The van der Waals surface area contributed by atoms with E-state index >= 15 is 0 Å². The molecule has 1 aliphatic rings. The summed E-state index contributed by atoms with van der Waals surface area (Å²) < 4.78 is 1.44. The van der Waals surface area contributed by atoms with Gasteiger partial charge in [0.05, 0.1) is 5.69 Å². The lowest BCUT2D eigenvalue weighted by molar-refractivity contribution is -0.131. The van der Waals surface area contributed by atoms with Gasteiger partial charge in [-0.2, -0.15) is 4.68 Å². The maximum atomic E-state index is 12.2. The standard InChI is InChI=1S/C20H26N4O2/c1-3-4-5-19(25)23-14-12-22(13-15-23)18-10-11-20(26)24(21-18)17-8-6-16(2)7-9-17/h6-11H,3-5,12-15H2,1-2H3. The second-order valence-corrected chi connectivity index (χ2v) is 6.75. The van der Waals surface area contributed by atoms with Crippen LogP contribution in [0.3, 0.4) is 0 Å². The minimum Gasteiger partial charge on any atom is -0.352 e. The lowest BCUT2D eigenvalue weighted by Crippen LogP contribution is -2.49. The lowest BCUT2D eigenvalue weighted by Gasteiger charge is -2.35. The summed E-state index contributed by atoms with van der Waals surface area (Å²) in [5.41, 5.74) is 1.75. The number of amides is 1. The summed E-state index contributed by atoms with van der Waals surface area (Å²) in [5, 5.41) is 4.54. The second kappa shape index (κ2) is 8.17. The minimum absolute atomic E-state index is 0.147. The van der Waals surface area contributed by atoms with E-state index in [-0.39, 0.29) is 11.5 Å². The average molecular weight is 354 g/mol. The fourth-order valence-electron chi connectivity index (χ4n) is 3.11. The van der Waals surface area contributed by atoms with Crippen molar-refractivity contribution < 1.29 is 4.79 Å². The quantitative estimate of drug-likeness (QED) is 0.827. The molecule has 1 fully saturated rings. The van der Waals surface area contributed by atoms with Crippen molar-refractivity contribution in [1.82, 2.24) is 14.7 Å². The van der Waals surface area contributed by atoms with Crippen LogP contribution in [0.25, 0.3) is 5.69 Å². The number of hydrogen-bond donors (Lipinski definition) is 0. The Morgan fingerprint density at radius 1 is 1.04 bits per heavy atom. The van der Waals surface area contributed by atoms with Gasteiger partial charge in [0.1, 0.15) is 5.82 Å². The Hall–Kier alpha value is -2.63. The Labute approximate surface area is 154 Å².